The van der Waals surface area contributed by atoms with Crippen molar-refractivity contribution in [2.24, 2.45) is 0 Å². The lowest BCUT2D eigenvalue weighted by Gasteiger charge is -2.10. The van der Waals surface area contributed by atoms with Crippen LogP contribution in [0, 0.1) is 11.3 Å². The highest BCUT2D eigenvalue weighted by Crippen LogP contribution is 2.22. The maximum absolute atomic E-state index is 9.15. The lowest BCUT2D eigenvalue weighted by molar-refractivity contribution is 0.306. The molecule has 0 spiro atoms. The van der Waals surface area contributed by atoms with Gasteiger partial charge in [-0.2, -0.15) is 15.6 Å². The van der Waals surface area contributed by atoms with Gasteiger partial charge in [0, 0.05) is 12.7 Å². The first-order chi connectivity index (χ1) is 13.3. The Labute approximate surface area is 156 Å². The van der Waals surface area contributed by atoms with Crippen molar-refractivity contribution in [2.45, 2.75) is 13.2 Å². The number of aromatic nitrogens is 4. The molecule has 0 unspecified atom stereocenters. The number of hydrogen-bond acceptors (Lipinski definition) is 4. The molecule has 0 saturated heterocycles. The number of nitrogens with zero attached hydrogens (tertiary/aromatic N) is 4. The third-order valence-corrected chi connectivity index (χ3v) is 4.25. The molecular formula is C21H17N5O. The summed E-state index contributed by atoms with van der Waals surface area (Å²) in [6, 6.07) is 24.0. The van der Waals surface area contributed by atoms with Crippen molar-refractivity contribution in [3.8, 4) is 23.2 Å². The van der Waals surface area contributed by atoms with E-state index in [0.29, 0.717) is 24.5 Å². The Morgan fingerprint density at radius 1 is 0.926 bits per heavy atom. The smallest absolute Gasteiger partial charge is 0.191 e. The first kappa shape index (κ1) is 16.6. The van der Waals surface area contributed by atoms with Gasteiger partial charge in [0.25, 0.3) is 0 Å². The third-order valence-electron chi connectivity index (χ3n) is 4.25. The zero-order valence-electron chi connectivity index (χ0n) is 14.5. The molecule has 6 nitrogen and oxygen atoms in total. The van der Waals surface area contributed by atoms with Crippen LogP contribution in [0.25, 0.3) is 11.4 Å². The van der Waals surface area contributed by atoms with E-state index < -0.39 is 0 Å². The lowest BCUT2D eigenvalue weighted by Crippen LogP contribution is -2.01. The van der Waals surface area contributed by atoms with Gasteiger partial charge in [0.1, 0.15) is 24.1 Å². The summed E-state index contributed by atoms with van der Waals surface area (Å²) in [4.78, 5) is 0. The van der Waals surface area contributed by atoms with Crippen molar-refractivity contribution in [2.75, 3.05) is 0 Å². The molecule has 0 amide bonds. The van der Waals surface area contributed by atoms with Crippen LogP contribution in [-0.2, 0) is 13.2 Å². The summed E-state index contributed by atoms with van der Waals surface area (Å²) in [5.41, 5.74) is 3.97. The van der Waals surface area contributed by atoms with E-state index in [9.17, 15) is 0 Å². The van der Waals surface area contributed by atoms with Gasteiger partial charge < -0.3 is 9.30 Å². The molecule has 1 N–H and O–H groups in total. The van der Waals surface area contributed by atoms with E-state index in [0.717, 1.165) is 22.6 Å². The van der Waals surface area contributed by atoms with Gasteiger partial charge in [-0.05, 0) is 35.4 Å². The predicted molar refractivity (Wildman–Crippen MR) is 101 cm³/mol. The van der Waals surface area contributed by atoms with E-state index >= 15 is 0 Å². The molecule has 0 aliphatic carbocycles. The number of rotatable bonds is 6. The minimum absolute atomic E-state index is 0.291. The minimum atomic E-state index is 0.291. The molecule has 0 saturated carbocycles. The normalized spacial score (nSPS) is 10.5. The first-order valence-electron chi connectivity index (χ1n) is 8.55. The van der Waals surface area contributed by atoms with Crippen LogP contribution in [0.3, 0.4) is 0 Å². The Hall–Kier alpha value is -3.85. The van der Waals surface area contributed by atoms with E-state index in [2.05, 4.69) is 21.5 Å². The van der Waals surface area contributed by atoms with Crippen LogP contribution < -0.4 is 4.74 Å². The molecule has 0 radical (unpaired) electrons. The Bertz CT molecular complexity index is 1060. The van der Waals surface area contributed by atoms with Crippen LogP contribution in [0.15, 0.2) is 72.9 Å². The standard InChI is InChI=1S/C21H17N5O/c22-13-19-21(24-25-23-19)20-7-4-12-26(20)14-16-8-10-18(11-9-16)27-15-17-5-2-1-3-6-17/h1-12H,14-15H2,(H,23,24,25). The fraction of sp³-hybridized carbons (Fsp3) is 0.0952. The third kappa shape index (κ3) is 3.72. The topological polar surface area (TPSA) is 79.5 Å². The summed E-state index contributed by atoms with van der Waals surface area (Å²) in [6.45, 7) is 1.21. The summed E-state index contributed by atoms with van der Waals surface area (Å²) in [6.07, 6.45) is 1.96. The molecule has 2 aromatic carbocycles. The Balaban J connectivity index is 1.45. The SMILES string of the molecule is N#Cc1n[nH]nc1-c1cccn1Cc1ccc(OCc2ccccc2)cc1. The van der Waals surface area contributed by atoms with Gasteiger partial charge in [-0.1, -0.05) is 42.5 Å². The molecule has 4 rings (SSSR count). The van der Waals surface area contributed by atoms with Crippen LogP contribution in [0.2, 0.25) is 0 Å². The van der Waals surface area contributed by atoms with Gasteiger partial charge in [-0.3, -0.25) is 0 Å². The highest BCUT2D eigenvalue weighted by molar-refractivity contribution is 5.61. The quantitative estimate of drug-likeness (QED) is 0.571. The van der Waals surface area contributed by atoms with Crippen LogP contribution in [0.4, 0.5) is 0 Å². The molecule has 27 heavy (non-hydrogen) atoms. The minimum Gasteiger partial charge on any atom is -0.489 e. The Morgan fingerprint density at radius 2 is 1.74 bits per heavy atom. The molecule has 0 bridgehead atoms. The maximum Gasteiger partial charge on any atom is 0.191 e. The Morgan fingerprint density at radius 3 is 2.52 bits per heavy atom. The number of nitrogens with one attached hydrogen (secondary N) is 1. The molecule has 2 aromatic heterocycles. The zero-order valence-corrected chi connectivity index (χ0v) is 14.5. The number of nitriles is 1. The summed E-state index contributed by atoms with van der Waals surface area (Å²) < 4.78 is 7.87. The lowest BCUT2D eigenvalue weighted by atomic mass is 10.2. The second-order valence-corrected chi connectivity index (χ2v) is 6.07. The van der Waals surface area contributed by atoms with Crippen molar-refractivity contribution in [3.05, 3.63) is 89.7 Å². The summed E-state index contributed by atoms with van der Waals surface area (Å²) in [5.74, 6) is 0.832. The zero-order chi connectivity index (χ0) is 18.5. The number of benzene rings is 2. The maximum atomic E-state index is 9.15. The van der Waals surface area contributed by atoms with Gasteiger partial charge in [-0.15, -0.1) is 5.10 Å². The molecule has 0 aliphatic rings. The second-order valence-electron chi connectivity index (χ2n) is 6.07. The molecule has 0 fully saturated rings. The van der Waals surface area contributed by atoms with Gasteiger partial charge in [0.2, 0.25) is 0 Å². The Kier molecular flexibility index (Phi) is 4.66. The van der Waals surface area contributed by atoms with Crippen LogP contribution in [0.1, 0.15) is 16.8 Å². The number of H-pyrrole nitrogens is 1. The molecule has 0 atom stereocenters. The molecule has 6 heteroatoms. The fourth-order valence-electron chi connectivity index (χ4n) is 2.88. The van der Waals surface area contributed by atoms with Crippen molar-refractivity contribution in [3.63, 3.8) is 0 Å². The average molecular weight is 355 g/mol. The van der Waals surface area contributed by atoms with E-state index in [1.54, 1.807) is 0 Å². The monoisotopic (exact) mass is 355 g/mol. The largest absolute Gasteiger partial charge is 0.489 e. The van der Waals surface area contributed by atoms with E-state index in [-0.39, 0.29) is 0 Å². The first-order valence-corrected chi connectivity index (χ1v) is 8.55. The van der Waals surface area contributed by atoms with Crippen molar-refractivity contribution < 1.29 is 4.74 Å². The van der Waals surface area contributed by atoms with Crippen LogP contribution in [-0.4, -0.2) is 20.0 Å². The average Bonchev–Trinajstić information content (AvgIpc) is 3.37. The van der Waals surface area contributed by atoms with Crippen molar-refractivity contribution in [1.29, 1.82) is 5.26 Å². The van der Waals surface area contributed by atoms with Crippen molar-refractivity contribution >= 4 is 0 Å². The second kappa shape index (κ2) is 7.58. The van der Waals surface area contributed by atoms with Gasteiger partial charge in [0.05, 0.1) is 5.69 Å². The van der Waals surface area contributed by atoms with Crippen molar-refractivity contribution in [1.82, 2.24) is 20.0 Å². The number of aromatic amines is 1. The van der Waals surface area contributed by atoms with Gasteiger partial charge in [0.15, 0.2) is 5.69 Å². The summed E-state index contributed by atoms with van der Waals surface area (Å²) in [7, 11) is 0. The van der Waals surface area contributed by atoms with E-state index in [1.165, 1.54) is 0 Å². The van der Waals surface area contributed by atoms with E-state index in [4.69, 9.17) is 10.00 Å². The number of ether oxygens (including phenoxy) is 1. The number of hydrogen-bond donors (Lipinski definition) is 1. The van der Waals surface area contributed by atoms with Gasteiger partial charge in [-0.25, -0.2) is 0 Å². The predicted octanol–water partition coefficient (Wildman–Crippen LogP) is 3.77. The molecule has 132 valence electrons. The van der Waals surface area contributed by atoms with Gasteiger partial charge >= 0.3 is 0 Å². The van der Waals surface area contributed by atoms with Crippen LogP contribution in [0.5, 0.6) is 5.75 Å². The highest BCUT2D eigenvalue weighted by Gasteiger charge is 2.13. The molecular weight excluding hydrogens is 338 g/mol. The van der Waals surface area contributed by atoms with E-state index in [1.807, 2.05) is 77.5 Å². The summed E-state index contributed by atoms with van der Waals surface area (Å²) in [5, 5.41) is 19.6. The molecule has 2 heterocycles. The summed E-state index contributed by atoms with van der Waals surface area (Å²) >= 11 is 0. The van der Waals surface area contributed by atoms with Crippen LogP contribution >= 0.6 is 0 Å². The molecule has 4 aromatic rings. The molecule has 0 aliphatic heterocycles. The highest BCUT2D eigenvalue weighted by atomic mass is 16.5. The fourth-order valence-corrected chi connectivity index (χ4v) is 2.88.